The summed E-state index contributed by atoms with van der Waals surface area (Å²) in [5.74, 6) is 1.71. The summed E-state index contributed by atoms with van der Waals surface area (Å²) in [7, 11) is 0. The van der Waals surface area contributed by atoms with E-state index in [2.05, 4.69) is 39.4 Å². The molecule has 102 valence electrons. The average Bonchev–Trinajstić information content (AvgIpc) is 2.53. The molecule has 1 heterocycles. The molecule has 3 heteroatoms. The summed E-state index contributed by atoms with van der Waals surface area (Å²) in [5, 5.41) is 3.49. The Hall–Kier alpha value is -2.26. The van der Waals surface area contributed by atoms with Gasteiger partial charge in [0.15, 0.2) is 11.5 Å². The standard InChI is InChI=1S/C18H12BrNO/c19-13-10-8-12(9-11-13)14-4-3-7-17-18(14)20-15-5-1-2-6-16(15)21-17/h1-11,20H. The third-order valence-corrected chi connectivity index (χ3v) is 4.08. The highest BCUT2D eigenvalue weighted by Crippen LogP contribution is 2.46. The predicted octanol–water partition coefficient (Wildman–Crippen LogP) is 5.97. The summed E-state index contributed by atoms with van der Waals surface area (Å²) in [6.07, 6.45) is 0. The first-order valence-corrected chi connectivity index (χ1v) is 7.53. The van der Waals surface area contributed by atoms with Crippen LogP contribution in [-0.4, -0.2) is 0 Å². The fourth-order valence-electron chi connectivity index (χ4n) is 2.53. The number of nitrogens with one attached hydrogen (secondary N) is 1. The van der Waals surface area contributed by atoms with Gasteiger partial charge in [0.1, 0.15) is 0 Å². The van der Waals surface area contributed by atoms with Gasteiger partial charge in [-0.3, -0.25) is 0 Å². The molecule has 2 nitrogen and oxygen atoms in total. The predicted molar refractivity (Wildman–Crippen MR) is 89.4 cm³/mol. The molecule has 0 saturated carbocycles. The third-order valence-electron chi connectivity index (χ3n) is 3.55. The normalized spacial score (nSPS) is 11.9. The van der Waals surface area contributed by atoms with Crippen LogP contribution in [0.2, 0.25) is 0 Å². The molecule has 4 rings (SSSR count). The lowest BCUT2D eigenvalue weighted by atomic mass is 10.0. The monoisotopic (exact) mass is 337 g/mol. The molecule has 3 aromatic carbocycles. The summed E-state index contributed by atoms with van der Waals surface area (Å²) in [6.45, 7) is 0. The van der Waals surface area contributed by atoms with Crippen LogP contribution in [-0.2, 0) is 0 Å². The zero-order valence-electron chi connectivity index (χ0n) is 11.1. The lowest BCUT2D eigenvalue weighted by Crippen LogP contribution is -2.03. The van der Waals surface area contributed by atoms with Crippen molar-refractivity contribution in [3.05, 3.63) is 71.2 Å². The number of hydrogen-bond donors (Lipinski definition) is 1. The fourth-order valence-corrected chi connectivity index (χ4v) is 2.79. The van der Waals surface area contributed by atoms with Crippen LogP contribution in [0.5, 0.6) is 11.5 Å². The molecule has 1 aliphatic heterocycles. The summed E-state index contributed by atoms with van der Waals surface area (Å²) in [6, 6.07) is 22.4. The van der Waals surface area contributed by atoms with Gasteiger partial charge in [-0.1, -0.05) is 52.3 Å². The van der Waals surface area contributed by atoms with Crippen LogP contribution in [0.25, 0.3) is 11.1 Å². The number of ether oxygens (including phenoxy) is 1. The highest BCUT2D eigenvalue weighted by atomic mass is 79.9. The van der Waals surface area contributed by atoms with E-state index in [1.54, 1.807) is 0 Å². The smallest absolute Gasteiger partial charge is 0.151 e. The molecule has 0 radical (unpaired) electrons. The first kappa shape index (κ1) is 12.5. The lowest BCUT2D eigenvalue weighted by molar-refractivity contribution is 0.481. The Bertz CT molecular complexity index is 812. The van der Waals surface area contributed by atoms with Crippen LogP contribution < -0.4 is 10.1 Å². The van der Waals surface area contributed by atoms with Gasteiger partial charge < -0.3 is 10.1 Å². The summed E-state index contributed by atoms with van der Waals surface area (Å²) in [4.78, 5) is 0. The topological polar surface area (TPSA) is 21.3 Å². The molecule has 3 aromatic rings. The molecule has 1 aliphatic rings. The Morgan fingerprint density at radius 2 is 1.52 bits per heavy atom. The summed E-state index contributed by atoms with van der Waals surface area (Å²) < 4.78 is 7.07. The number of rotatable bonds is 1. The van der Waals surface area contributed by atoms with Crippen molar-refractivity contribution in [2.45, 2.75) is 0 Å². The Labute approximate surface area is 131 Å². The molecule has 0 aromatic heterocycles. The number of anilines is 2. The van der Waals surface area contributed by atoms with Gasteiger partial charge in [0.25, 0.3) is 0 Å². The molecule has 0 saturated heterocycles. The van der Waals surface area contributed by atoms with Gasteiger partial charge in [0.05, 0.1) is 11.4 Å². The SMILES string of the molecule is Brc1ccc(-c2cccc3c2Nc2ccccc2O3)cc1. The average molecular weight is 338 g/mol. The number of hydrogen-bond acceptors (Lipinski definition) is 2. The number of benzene rings is 3. The van der Waals surface area contributed by atoms with E-state index in [1.165, 1.54) is 0 Å². The minimum atomic E-state index is 0.856. The van der Waals surface area contributed by atoms with Crippen LogP contribution in [0, 0.1) is 0 Å². The van der Waals surface area contributed by atoms with Gasteiger partial charge in [-0.15, -0.1) is 0 Å². The van der Waals surface area contributed by atoms with Gasteiger partial charge in [0, 0.05) is 10.0 Å². The Kier molecular flexibility index (Phi) is 2.93. The zero-order chi connectivity index (χ0) is 14.2. The molecule has 0 aliphatic carbocycles. The first-order valence-electron chi connectivity index (χ1n) is 6.74. The molecular weight excluding hydrogens is 326 g/mol. The molecule has 21 heavy (non-hydrogen) atoms. The summed E-state index contributed by atoms with van der Waals surface area (Å²) in [5.41, 5.74) is 4.30. The number of para-hydroxylation sites is 3. The molecule has 0 unspecified atom stereocenters. The molecular formula is C18H12BrNO. The van der Waals surface area contributed by atoms with E-state index >= 15 is 0 Å². The van der Waals surface area contributed by atoms with Crippen LogP contribution >= 0.6 is 15.9 Å². The molecule has 0 amide bonds. The van der Waals surface area contributed by atoms with Crippen molar-refractivity contribution in [2.75, 3.05) is 5.32 Å². The fraction of sp³-hybridized carbons (Fsp3) is 0. The van der Waals surface area contributed by atoms with E-state index in [9.17, 15) is 0 Å². The van der Waals surface area contributed by atoms with Crippen molar-refractivity contribution in [1.82, 2.24) is 0 Å². The second-order valence-corrected chi connectivity index (χ2v) is 5.82. The van der Waals surface area contributed by atoms with Gasteiger partial charge in [0.2, 0.25) is 0 Å². The van der Waals surface area contributed by atoms with E-state index in [-0.39, 0.29) is 0 Å². The van der Waals surface area contributed by atoms with Gasteiger partial charge >= 0.3 is 0 Å². The largest absolute Gasteiger partial charge is 0.453 e. The maximum atomic E-state index is 5.99. The zero-order valence-corrected chi connectivity index (χ0v) is 12.7. The third kappa shape index (κ3) is 2.20. The van der Waals surface area contributed by atoms with Crippen LogP contribution in [0.15, 0.2) is 71.2 Å². The van der Waals surface area contributed by atoms with Crippen molar-refractivity contribution in [1.29, 1.82) is 0 Å². The highest BCUT2D eigenvalue weighted by Gasteiger charge is 2.19. The van der Waals surface area contributed by atoms with Crippen LogP contribution in [0.3, 0.4) is 0 Å². The van der Waals surface area contributed by atoms with Gasteiger partial charge in [-0.2, -0.15) is 0 Å². The summed E-state index contributed by atoms with van der Waals surface area (Å²) >= 11 is 3.47. The molecule has 0 bridgehead atoms. The molecule has 0 spiro atoms. The first-order chi connectivity index (χ1) is 10.3. The van der Waals surface area contributed by atoms with Crippen LogP contribution in [0.4, 0.5) is 11.4 Å². The van der Waals surface area contributed by atoms with E-state index in [1.807, 2.05) is 48.5 Å². The molecule has 1 N–H and O–H groups in total. The molecule has 0 atom stereocenters. The maximum Gasteiger partial charge on any atom is 0.151 e. The number of halogens is 1. The Morgan fingerprint density at radius 1 is 0.762 bits per heavy atom. The van der Waals surface area contributed by atoms with E-state index in [0.717, 1.165) is 38.5 Å². The second-order valence-electron chi connectivity index (χ2n) is 4.91. The second kappa shape index (κ2) is 4.93. The molecule has 0 fully saturated rings. The van der Waals surface area contributed by atoms with E-state index < -0.39 is 0 Å². The van der Waals surface area contributed by atoms with Crippen molar-refractivity contribution in [2.24, 2.45) is 0 Å². The lowest BCUT2D eigenvalue weighted by Gasteiger charge is -2.24. The van der Waals surface area contributed by atoms with Gasteiger partial charge in [-0.25, -0.2) is 0 Å². The minimum Gasteiger partial charge on any atom is -0.453 e. The number of fused-ring (bicyclic) bond motifs is 2. The van der Waals surface area contributed by atoms with Crippen LogP contribution in [0.1, 0.15) is 0 Å². The highest BCUT2D eigenvalue weighted by molar-refractivity contribution is 9.10. The Balaban J connectivity index is 1.84. The maximum absolute atomic E-state index is 5.99. The van der Waals surface area contributed by atoms with Crippen molar-refractivity contribution < 1.29 is 4.74 Å². The van der Waals surface area contributed by atoms with Crippen molar-refractivity contribution in [3.63, 3.8) is 0 Å². The van der Waals surface area contributed by atoms with Gasteiger partial charge in [-0.05, 0) is 35.9 Å². The van der Waals surface area contributed by atoms with Crippen molar-refractivity contribution in [3.8, 4) is 22.6 Å². The minimum absolute atomic E-state index is 0.856. The quantitative estimate of drug-likeness (QED) is 0.462. The van der Waals surface area contributed by atoms with Crippen molar-refractivity contribution >= 4 is 27.3 Å². The van der Waals surface area contributed by atoms with E-state index in [4.69, 9.17) is 4.74 Å². The van der Waals surface area contributed by atoms with E-state index in [0.29, 0.717) is 0 Å². The Morgan fingerprint density at radius 3 is 2.38 bits per heavy atom.